The van der Waals surface area contributed by atoms with Crippen LogP contribution in [-0.4, -0.2) is 28.7 Å². The van der Waals surface area contributed by atoms with E-state index in [0.29, 0.717) is 0 Å². The van der Waals surface area contributed by atoms with Gasteiger partial charge >= 0.3 is 0 Å². The zero-order valence-electron chi connectivity index (χ0n) is 11.6. The van der Waals surface area contributed by atoms with Gasteiger partial charge in [0.05, 0.1) is 11.0 Å². The average molecular weight is 278 g/mol. The second kappa shape index (κ2) is 7.36. The van der Waals surface area contributed by atoms with E-state index in [1.54, 1.807) is 12.1 Å². The number of rotatable bonds is 5. The summed E-state index contributed by atoms with van der Waals surface area (Å²) in [4.78, 5) is 10.2. The number of nitrogens with zero attached hydrogens (tertiary/aromatic N) is 1. The number of benzene rings is 1. The Morgan fingerprint density at radius 2 is 1.90 bits per heavy atom. The predicted molar refractivity (Wildman–Crippen MR) is 77.7 cm³/mol. The normalized spacial score (nSPS) is 23.2. The van der Waals surface area contributed by atoms with Crippen LogP contribution in [-0.2, 0) is 6.42 Å². The fraction of sp³-hybridized carbons (Fsp3) is 0.600. The third kappa shape index (κ3) is 4.28. The molecule has 0 aliphatic heterocycles. The first-order valence-electron chi connectivity index (χ1n) is 7.31. The Bertz CT molecular complexity index is 433. The Kier molecular flexibility index (Phi) is 5.49. The van der Waals surface area contributed by atoms with E-state index in [1.165, 1.54) is 25.0 Å². The summed E-state index contributed by atoms with van der Waals surface area (Å²) in [5, 5.41) is 24.0. The first-order valence-corrected chi connectivity index (χ1v) is 7.31. The number of nitro groups is 1. The lowest BCUT2D eigenvalue weighted by Crippen LogP contribution is -2.40. The van der Waals surface area contributed by atoms with E-state index in [4.69, 9.17) is 0 Å². The maximum atomic E-state index is 10.6. The molecule has 1 aliphatic carbocycles. The molecule has 20 heavy (non-hydrogen) atoms. The van der Waals surface area contributed by atoms with Gasteiger partial charge in [-0.25, -0.2) is 0 Å². The molecule has 1 aliphatic rings. The monoisotopic (exact) mass is 278 g/mol. The summed E-state index contributed by atoms with van der Waals surface area (Å²) >= 11 is 0. The van der Waals surface area contributed by atoms with Crippen LogP contribution in [0.5, 0.6) is 0 Å². The van der Waals surface area contributed by atoms with Gasteiger partial charge < -0.3 is 10.4 Å². The van der Waals surface area contributed by atoms with Crippen molar-refractivity contribution in [3.05, 3.63) is 39.9 Å². The lowest BCUT2D eigenvalue weighted by molar-refractivity contribution is -0.384. The highest BCUT2D eigenvalue weighted by atomic mass is 16.6. The molecule has 0 bridgehead atoms. The minimum absolute atomic E-state index is 0.126. The van der Waals surface area contributed by atoms with Crippen LogP contribution in [0, 0.1) is 10.1 Å². The van der Waals surface area contributed by atoms with Gasteiger partial charge in [0.25, 0.3) is 5.69 Å². The third-order valence-electron chi connectivity index (χ3n) is 3.95. The number of aliphatic hydroxyl groups excluding tert-OH is 1. The molecule has 110 valence electrons. The Labute approximate surface area is 119 Å². The Morgan fingerprint density at radius 3 is 2.60 bits per heavy atom. The van der Waals surface area contributed by atoms with Crippen LogP contribution in [0.3, 0.4) is 0 Å². The van der Waals surface area contributed by atoms with Crippen LogP contribution in [0.4, 0.5) is 5.69 Å². The summed E-state index contributed by atoms with van der Waals surface area (Å²) in [5.74, 6) is 0. The van der Waals surface area contributed by atoms with Gasteiger partial charge in [-0.3, -0.25) is 10.1 Å². The molecule has 0 spiro atoms. The van der Waals surface area contributed by atoms with Crippen molar-refractivity contribution in [2.75, 3.05) is 6.54 Å². The Balaban J connectivity index is 1.78. The van der Waals surface area contributed by atoms with Crippen molar-refractivity contribution in [3.63, 3.8) is 0 Å². The molecule has 0 heterocycles. The number of nitro benzene ring substituents is 1. The van der Waals surface area contributed by atoms with Gasteiger partial charge in [0.15, 0.2) is 0 Å². The molecule has 0 saturated heterocycles. The van der Waals surface area contributed by atoms with Gasteiger partial charge in [-0.05, 0) is 31.4 Å². The standard InChI is InChI=1S/C15H22N2O3/c18-15-5-3-1-2-4-14(15)16-11-10-12-6-8-13(9-7-12)17(19)20/h6-9,14-16,18H,1-5,10-11H2. The highest BCUT2D eigenvalue weighted by Gasteiger charge is 2.20. The van der Waals surface area contributed by atoms with Crippen LogP contribution in [0.15, 0.2) is 24.3 Å². The van der Waals surface area contributed by atoms with Crippen LogP contribution >= 0.6 is 0 Å². The summed E-state index contributed by atoms with van der Waals surface area (Å²) in [5.41, 5.74) is 1.20. The first kappa shape index (κ1) is 14.9. The summed E-state index contributed by atoms with van der Waals surface area (Å²) in [7, 11) is 0. The number of hydrogen-bond acceptors (Lipinski definition) is 4. The second-order valence-corrected chi connectivity index (χ2v) is 5.44. The third-order valence-corrected chi connectivity index (χ3v) is 3.95. The molecule has 5 heteroatoms. The molecule has 0 amide bonds. The summed E-state index contributed by atoms with van der Waals surface area (Å²) in [6.07, 6.45) is 5.98. The van der Waals surface area contributed by atoms with Gasteiger partial charge in [0, 0.05) is 18.2 Å². The molecule has 2 atom stereocenters. The van der Waals surface area contributed by atoms with E-state index in [9.17, 15) is 15.2 Å². The highest BCUT2D eigenvalue weighted by Crippen LogP contribution is 2.18. The molecule has 0 aromatic heterocycles. The lowest BCUT2D eigenvalue weighted by Gasteiger charge is -2.21. The molecular weight excluding hydrogens is 256 g/mol. The van der Waals surface area contributed by atoms with Crippen molar-refractivity contribution < 1.29 is 10.0 Å². The predicted octanol–water partition coefficient (Wildman–Crippen LogP) is 2.42. The molecule has 0 radical (unpaired) electrons. The van der Waals surface area contributed by atoms with Crippen LogP contribution in [0.2, 0.25) is 0 Å². The Hall–Kier alpha value is -1.46. The largest absolute Gasteiger partial charge is 0.392 e. The minimum atomic E-state index is -0.385. The van der Waals surface area contributed by atoms with E-state index in [0.717, 1.165) is 37.8 Å². The molecule has 2 unspecified atom stereocenters. The zero-order chi connectivity index (χ0) is 14.4. The maximum Gasteiger partial charge on any atom is 0.269 e. The maximum absolute atomic E-state index is 10.6. The highest BCUT2D eigenvalue weighted by molar-refractivity contribution is 5.32. The van der Waals surface area contributed by atoms with Crippen molar-refractivity contribution in [2.24, 2.45) is 0 Å². The van der Waals surface area contributed by atoms with Crippen molar-refractivity contribution in [3.8, 4) is 0 Å². The molecule has 1 fully saturated rings. The summed E-state index contributed by atoms with van der Waals surface area (Å²) in [6.45, 7) is 0.791. The van der Waals surface area contributed by atoms with Crippen molar-refractivity contribution >= 4 is 5.69 Å². The zero-order valence-corrected chi connectivity index (χ0v) is 11.6. The SMILES string of the molecule is O=[N+]([O-])c1ccc(CCNC2CCCCCC2O)cc1. The summed E-state index contributed by atoms with van der Waals surface area (Å²) in [6, 6.07) is 6.86. The molecule has 1 saturated carbocycles. The molecule has 1 aromatic carbocycles. The van der Waals surface area contributed by atoms with Gasteiger partial charge in [0.1, 0.15) is 0 Å². The van der Waals surface area contributed by atoms with Crippen LogP contribution < -0.4 is 5.32 Å². The van der Waals surface area contributed by atoms with E-state index < -0.39 is 0 Å². The van der Waals surface area contributed by atoms with Gasteiger partial charge in [0.2, 0.25) is 0 Å². The van der Waals surface area contributed by atoms with Crippen molar-refractivity contribution in [1.82, 2.24) is 5.32 Å². The fourth-order valence-electron chi connectivity index (χ4n) is 2.71. The first-order chi connectivity index (χ1) is 9.66. The number of aliphatic hydroxyl groups is 1. The fourth-order valence-corrected chi connectivity index (χ4v) is 2.71. The second-order valence-electron chi connectivity index (χ2n) is 5.44. The van der Waals surface area contributed by atoms with E-state index in [1.807, 2.05) is 0 Å². The number of nitrogens with one attached hydrogen (secondary N) is 1. The summed E-state index contributed by atoms with van der Waals surface area (Å²) < 4.78 is 0. The smallest absolute Gasteiger partial charge is 0.269 e. The molecule has 2 rings (SSSR count). The Morgan fingerprint density at radius 1 is 1.20 bits per heavy atom. The average Bonchev–Trinajstić information content (AvgIpc) is 2.65. The van der Waals surface area contributed by atoms with E-state index in [2.05, 4.69) is 5.32 Å². The molecular formula is C15H22N2O3. The number of non-ortho nitro benzene ring substituents is 1. The van der Waals surface area contributed by atoms with E-state index in [-0.39, 0.29) is 22.8 Å². The molecule has 5 nitrogen and oxygen atoms in total. The van der Waals surface area contributed by atoms with E-state index >= 15 is 0 Å². The van der Waals surface area contributed by atoms with Gasteiger partial charge in [-0.2, -0.15) is 0 Å². The van der Waals surface area contributed by atoms with Crippen molar-refractivity contribution in [1.29, 1.82) is 0 Å². The molecule has 2 N–H and O–H groups in total. The van der Waals surface area contributed by atoms with Gasteiger partial charge in [-0.15, -0.1) is 0 Å². The number of hydrogen-bond donors (Lipinski definition) is 2. The van der Waals surface area contributed by atoms with Gasteiger partial charge in [-0.1, -0.05) is 31.4 Å². The molecule has 1 aromatic rings. The van der Waals surface area contributed by atoms with Crippen molar-refractivity contribution in [2.45, 2.75) is 50.7 Å². The van der Waals surface area contributed by atoms with Crippen LogP contribution in [0.1, 0.15) is 37.7 Å². The minimum Gasteiger partial charge on any atom is -0.392 e. The topological polar surface area (TPSA) is 75.4 Å². The quantitative estimate of drug-likeness (QED) is 0.493. The van der Waals surface area contributed by atoms with Crippen LogP contribution in [0.25, 0.3) is 0 Å². The lowest BCUT2D eigenvalue weighted by atomic mass is 10.1.